The Morgan fingerprint density at radius 1 is 1.19 bits per heavy atom. The summed E-state index contributed by atoms with van der Waals surface area (Å²) in [6.45, 7) is 9.34. The number of hydrogen-bond acceptors (Lipinski definition) is 2. The zero-order valence-corrected chi connectivity index (χ0v) is 11.8. The lowest BCUT2D eigenvalue weighted by molar-refractivity contribution is 0.208. The molecule has 1 aliphatic heterocycles. The van der Waals surface area contributed by atoms with Gasteiger partial charge in [0, 0.05) is 26.2 Å². The van der Waals surface area contributed by atoms with Crippen LogP contribution in [0.2, 0.25) is 0 Å². The molecule has 1 rings (SSSR count). The maximum Gasteiger partial charge on any atom is 0.281 e. The average Bonchev–Trinajstić information content (AvgIpc) is 2.14. The van der Waals surface area contributed by atoms with Crippen molar-refractivity contribution in [3.8, 4) is 0 Å². The van der Waals surface area contributed by atoms with Crippen LogP contribution < -0.4 is 0 Å². The number of piperidine rings is 1. The summed E-state index contributed by atoms with van der Waals surface area (Å²) in [6.07, 6.45) is 1.12. The van der Waals surface area contributed by atoms with E-state index in [1.807, 2.05) is 13.8 Å². The molecule has 2 atom stereocenters. The van der Waals surface area contributed by atoms with Gasteiger partial charge in [0.15, 0.2) is 0 Å². The second kappa shape index (κ2) is 5.02. The van der Waals surface area contributed by atoms with Gasteiger partial charge >= 0.3 is 0 Å². The van der Waals surface area contributed by atoms with Crippen molar-refractivity contribution in [3.05, 3.63) is 0 Å². The summed E-state index contributed by atoms with van der Waals surface area (Å²) in [5.74, 6) is 0.915. The van der Waals surface area contributed by atoms with Crippen molar-refractivity contribution >= 4 is 10.2 Å². The quantitative estimate of drug-likeness (QED) is 0.760. The first-order chi connectivity index (χ1) is 7.25. The molecule has 0 N–H and O–H groups in total. The average molecular weight is 248 g/mol. The maximum absolute atomic E-state index is 12.3. The highest BCUT2D eigenvalue weighted by atomic mass is 32.2. The number of rotatable bonds is 3. The Morgan fingerprint density at radius 2 is 1.62 bits per heavy atom. The van der Waals surface area contributed by atoms with Crippen molar-refractivity contribution in [2.24, 2.45) is 11.8 Å². The molecule has 1 aliphatic rings. The van der Waals surface area contributed by atoms with E-state index < -0.39 is 10.2 Å². The van der Waals surface area contributed by atoms with E-state index >= 15 is 0 Å². The Balaban J connectivity index is 2.83. The Morgan fingerprint density at radius 3 is 2.00 bits per heavy atom. The monoisotopic (exact) mass is 248 g/mol. The van der Waals surface area contributed by atoms with Gasteiger partial charge in [0.05, 0.1) is 0 Å². The van der Waals surface area contributed by atoms with E-state index in [0.717, 1.165) is 6.42 Å². The summed E-state index contributed by atoms with van der Waals surface area (Å²) in [5.41, 5.74) is 0. The molecule has 1 saturated heterocycles. The van der Waals surface area contributed by atoms with Gasteiger partial charge in [0.2, 0.25) is 0 Å². The fourth-order valence-electron chi connectivity index (χ4n) is 2.24. The van der Waals surface area contributed by atoms with E-state index in [0.29, 0.717) is 24.9 Å². The third kappa shape index (κ3) is 2.96. The summed E-state index contributed by atoms with van der Waals surface area (Å²) >= 11 is 0. The molecule has 1 heterocycles. The van der Waals surface area contributed by atoms with Crippen LogP contribution in [0.1, 0.15) is 34.1 Å². The van der Waals surface area contributed by atoms with E-state index in [9.17, 15) is 8.42 Å². The summed E-state index contributed by atoms with van der Waals surface area (Å²) in [5, 5.41) is 0. The fraction of sp³-hybridized carbons (Fsp3) is 1.00. The van der Waals surface area contributed by atoms with Crippen LogP contribution in [0.15, 0.2) is 0 Å². The molecule has 96 valence electrons. The van der Waals surface area contributed by atoms with Gasteiger partial charge in [-0.25, -0.2) is 0 Å². The maximum atomic E-state index is 12.3. The van der Waals surface area contributed by atoms with Crippen LogP contribution in [0.5, 0.6) is 0 Å². The van der Waals surface area contributed by atoms with Gasteiger partial charge in [-0.3, -0.25) is 0 Å². The van der Waals surface area contributed by atoms with E-state index in [2.05, 4.69) is 13.8 Å². The second-order valence-electron chi connectivity index (χ2n) is 5.38. The van der Waals surface area contributed by atoms with Crippen LogP contribution in [0.4, 0.5) is 0 Å². The van der Waals surface area contributed by atoms with Gasteiger partial charge in [0.25, 0.3) is 10.2 Å². The van der Waals surface area contributed by atoms with Crippen molar-refractivity contribution in [2.45, 2.75) is 40.2 Å². The van der Waals surface area contributed by atoms with Gasteiger partial charge in [-0.15, -0.1) is 0 Å². The smallest absolute Gasteiger partial charge is 0.195 e. The van der Waals surface area contributed by atoms with Crippen LogP contribution in [-0.4, -0.2) is 43.2 Å². The Labute approximate surface area is 99.8 Å². The Bertz CT molecular complexity index is 317. The van der Waals surface area contributed by atoms with Gasteiger partial charge in [-0.2, -0.15) is 17.0 Å². The summed E-state index contributed by atoms with van der Waals surface area (Å²) in [7, 11) is -1.60. The molecule has 0 radical (unpaired) electrons. The molecule has 0 spiro atoms. The zero-order chi connectivity index (χ0) is 12.5. The van der Waals surface area contributed by atoms with E-state index in [-0.39, 0.29) is 6.04 Å². The highest BCUT2D eigenvalue weighted by molar-refractivity contribution is 7.86. The van der Waals surface area contributed by atoms with Gasteiger partial charge < -0.3 is 0 Å². The van der Waals surface area contributed by atoms with Gasteiger partial charge in [-0.05, 0) is 32.1 Å². The predicted octanol–water partition coefficient (Wildman–Crippen LogP) is 1.55. The molecular weight excluding hydrogens is 224 g/mol. The van der Waals surface area contributed by atoms with Crippen LogP contribution in [-0.2, 0) is 10.2 Å². The zero-order valence-electron chi connectivity index (χ0n) is 11.0. The standard InChI is InChI=1S/C11H24N2O2S/c1-9(2)12(5)16(14,15)13-7-10(3)6-11(4)8-13/h9-11H,6-8H2,1-5H3. The summed E-state index contributed by atoms with van der Waals surface area (Å²) in [4.78, 5) is 0. The van der Waals surface area contributed by atoms with Crippen LogP contribution in [0.3, 0.4) is 0 Å². The molecule has 0 aromatic rings. The first-order valence-corrected chi connectivity index (χ1v) is 7.38. The fourth-order valence-corrected chi connectivity index (χ4v) is 4.03. The SMILES string of the molecule is CC1CC(C)CN(S(=O)(=O)N(C)C(C)C)C1. The molecule has 5 heteroatoms. The van der Waals surface area contributed by atoms with Crippen molar-refractivity contribution in [2.75, 3.05) is 20.1 Å². The largest absolute Gasteiger partial charge is 0.281 e. The van der Waals surface area contributed by atoms with Crippen LogP contribution in [0.25, 0.3) is 0 Å². The highest BCUT2D eigenvalue weighted by Gasteiger charge is 2.33. The van der Waals surface area contributed by atoms with Gasteiger partial charge in [-0.1, -0.05) is 13.8 Å². The lowest BCUT2D eigenvalue weighted by atomic mass is 9.94. The number of nitrogens with zero attached hydrogens (tertiary/aromatic N) is 2. The normalized spacial score (nSPS) is 28.9. The second-order valence-corrected chi connectivity index (χ2v) is 7.37. The number of hydrogen-bond donors (Lipinski definition) is 0. The van der Waals surface area contributed by atoms with Crippen molar-refractivity contribution < 1.29 is 8.42 Å². The first kappa shape index (κ1) is 13.9. The minimum atomic E-state index is -3.26. The van der Waals surface area contributed by atoms with Crippen LogP contribution >= 0.6 is 0 Å². The summed E-state index contributed by atoms with van der Waals surface area (Å²) < 4.78 is 27.6. The molecule has 0 aromatic heterocycles. The van der Waals surface area contributed by atoms with Crippen molar-refractivity contribution in [3.63, 3.8) is 0 Å². The topological polar surface area (TPSA) is 40.6 Å². The predicted molar refractivity (Wildman–Crippen MR) is 66.3 cm³/mol. The molecule has 16 heavy (non-hydrogen) atoms. The van der Waals surface area contributed by atoms with E-state index in [4.69, 9.17) is 0 Å². The Hall–Kier alpha value is -0.130. The van der Waals surface area contributed by atoms with E-state index in [1.165, 1.54) is 4.31 Å². The Kier molecular flexibility index (Phi) is 4.37. The third-order valence-electron chi connectivity index (χ3n) is 3.25. The minimum absolute atomic E-state index is 0.0116. The molecule has 0 aromatic carbocycles. The van der Waals surface area contributed by atoms with Crippen molar-refractivity contribution in [1.29, 1.82) is 0 Å². The minimum Gasteiger partial charge on any atom is -0.195 e. The van der Waals surface area contributed by atoms with Crippen molar-refractivity contribution in [1.82, 2.24) is 8.61 Å². The molecule has 0 amide bonds. The third-order valence-corrected chi connectivity index (χ3v) is 5.35. The molecule has 1 fully saturated rings. The van der Waals surface area contributed by atoms with Gasteiger partial charge in [0.1, 0.15) is 0 Å². The first-order valence-electron chi connectivity index (χ1n) is 5.98. The van der Waals surface area contributed by atoms with Crippen LogP contribution in [0, 0.1) is 11.8 Å². The molecular formula is C11H24N2O2S. The molecule has 0 aliphatic carbocycles. The molecule has 4 nitrogen and oxygen atoms in total. The lowest BCUT2D eigenvalue weighted by Gasteiger charge is -2.37. The van der Waals surface area contributed by atoms with E-state index in [1.54, 1.807) is 11.4 Å². The molecule has 2 unspecified atom stereocenters. The summed E-state index contributed by atoms with van der Waals surface area (Å²) in [6, 6.07) is 0.0116. The highest BCUT2D eigenvalue weighted by Crippen LogP contribution is 2.24. The lowest BCUT2D eigenvalue weighted by Crippen LogP contribution is -2.50. The molecule has 0 bridgehead atoms. The molecule has 0 saturated carbocycles.